The standard InChI is InChI=1S/C29H31N3O3/c1-29(2)19-22-12-13-24(35-3)17-25(22)26(32-29)18-27(33)20-8-7-9-21(16-20)28(34)31-15-14-30-23-10-5-4-6-11-23/h4-13,16-18,30,32H,14-15,19H2,1-3H3,(H,31,34). The minimum absolute atomic E-state index is 0.167. The third kappa shape index (κ3) is 6.09. The van der Waals surface area contributed by atoms with Crippen LogP contribution in [0.4, 0.5) is 5.69 Å². The lowest BCUT2D eigenvalue weighted by Gasteiger charge is -2.35. The molecule has 1 aliphatic rings. The highest BCUT2D eigenvalue weighted by molar-refractivity contribution is 6.10. The Morgan fingerprint density at radius 2 is 1.74 bits per heavy atom. The Hall–Kier alpha value is -4.06. The number of para-hydroxylation sites is 1. The maximum Gasteiger partial charge on any atom is 0.251 e. The molecule has 0 saturated carbocycles. The van der Waals surface area contributed by atoms with E-state index in [0.29, 0.717) is 24.2 Å². The lowest BCUT2D eigenvalue weighted by molar-refractivity contribution is 0.0955. The highest BCUT2D eigenvalue weighted by Crippen LogP contribution is 2.32. The molecule has 0 atom stereocenters. The molecule has 0 fully saturated rings. The molecular weight excluding hydrogens is 438 g/mol. The summed E-state index contributed by atoms with van der Waals surface area (Å²) in [5, 5.41) is 9.64. The smallest absolute Gasteiger partial charge is 0.251 e. The Bertz CT molecular complexity index is 1250. The molecule has 1 heterocycles. The Labute approximate surface area is 206 Å². The van der Waals surface area contributed by atoms with Gasteiger partial charge >= 0.3 is 0 Å². The number of ether oxygens (including phenoxy) is 1. The van der Waals surface area contributed by atoms with Crippen molar-refractivity contribution in [2.75, 3.05) is 25.5 Å². The third-order valence-electron chi connectivity index (χ3n) is 5.91. The van der Waals surface area contributed by atoms with Crippen molar-refractivity contribution < 1.29 is 14.3 Å². The van der Waals surface area contributed by atoms with Crippen molar-refractivity contribution >= 4 is 23.1 Å². The highest BCUT2D eigenvalue weighted by Gasteiger charge is 2.28. The first-order valence-corrected chi connectivity index (χ1v) is 11.7. The number of methoxy groups -OCH3 is 1. The van der Waals surface area contributed by atoms with Gasteiger partial charge in [-0.3, -0.25) is 9.59 Å². The fourth-order valence-corrected chi connectivity index (χ4v) is 4.22. The van der Waals surface area contributed by atoms with Gasteiger partial charge in [-0.15, -0.1) is 0 Å². The zero-order valence-electron chi connectivity index (χ0n) is 20.4. The van der Waals surface area contributed by atoms with Crippen molar-refractivity contribution in [3.8, 4) is 5.75 Å². The zero-order chi connectivity index (χ0) is 24.8. The second-order valence-corrected chi connectivity index (χ2v) is 9.26. The summed E-state index contributed by atoms with van der Waals surface area (Å²) >= 11 is 0. The predicted molar refractivity (Wildman–Crippen MR) is 140 cm³/mol. The maximum atomic E-state index is 13.2. The summed E-state index contributed by atoms with van der Waals surface area (Å²) in [5.74, 6) is 0.359. The lowest BCUT2D eigenvalue weighted by Crippen LogP contribution is -2.43. The molecule has 6 heteroatoms. The molecule has 6 nitrogen and oxygen atoms in total. The van der Waals surface area contributed by atoms with Gasteiger partial charge < -0.3 is 20.7 Å². The van der Waals surface area contributed by atoms with Crippen molar-refractivity contribution in [2.45, 2.75) is 25.8 Å². The van der Waals surface area contributed by atoms with E-state index in [1.54, 1.807) is 37.5 Å². The topological polar surface area (TPSA) is 79.5 Å². The van der Waals surface area contributed by atoms with E-state index in [1.165, 1.54) is 0 Å². The van der Waals surface area contributed by atoms with Gasteiger partial charge in [0.2, 0.25) is 0 Å². The van der Waals surface area contributed by atoms with Crippen molar-refractivity contribution in [2.24, 2.45) is 0 Å². The molecule has 180 valence electrons. The molecule has 1 aliphatic heterocycles. The number of amides is 1. The average molecular weight is 470 g/mol. The van der Waals surface area contributed by atoms with E-state index in [0.717, 1.165) is 34.7 Å². The summed E-state index contributed by atoms with van der Waals surface area (Å²) in [6.45, 7) is 5.28. The van der Waals surface area contributed by atoms with Crippen molar-refractivity contribution in [3.05, 3.63) is 101 Å². The van der Waals surface area contributed by atoms with Crippen LogP contribution < -0.4 is 20.7 Å². The molecule has 0 radical (unpaired) electrons. The van der Waals surface area contributed by atoms with E-state index in [-0.39, 0.29) is 17.2 Å². The van der Waals surface area contributed by atoms with Gasteiger partial charge in [-0.05, 0) is 62.2 Å². The van der Waals surface area contributed by atoms with Crippen LogP contribution in [-0.2, 0) is 6.42 Å². The molecule has 0 bridgehead atoms. The second kappa shape index (κ2) is 10.5. The van der Waals surface area contributed by atoms with E-state index in [2.05, 4.69) is 29.8 Å². The molecule has 35 heavy (non-hydrogen) atoms. The molecule has 4 rings (SSSR count). The molecule has 0 aliphatic carbocycles. The molecule has 3 N–H and O–H groups in total. The van der Waals surface area contributed by atoms with E-state index in [4.69, 9.17) is 4.74 Å². The van der Waals surface area contributed by atoms with E-state index in [9.17, 15) is 9.59 Å². The molecule has 0 saturated heterocycles. The van der Waals surface area contributed by atoms with Crippen LogP contribution in [0.2, 0.25) is 0 Å². The van der Waals surface area contributed by atoms with Gasteiger partial charge in [0.05, 0.1) is 7.11 Å². The van der Waals surface area contributed by atoms with Crippen LogP contribution in [0.15, 0.2) is 78.9 Å². The first-order valence-electron chi connectivity index (χ1n) is 11.7. The van der Waals surface area contributed by atoms with Crippen molar-refractivity contribution in [1.29, 1.82) is 0 Å². The number of carbonyl (C=O) groups is 2. The van der Waals surface area contributed by atoms with Gasteiger partial charge in [0.1, 0.15) is 5.75 Å². The number of benzene rings is 3. The predicted octanol–water partition coefficient (Wildman–Crippen LogP) is 4.69. The Morgan fingerprint density at radius 1 is 0.971 bits per heavy atom. The van der Waals surface area contributed by atoms with Gasteiger partial charge in [-0.25, -0.2) is 0 Å². The molecular formula is C29H31N3O3. The van der Waals surface area contributed by atoms with Crippen molar-refractivity contribution in [3.63, 3.8) is 0 Å². The lowest BCUT2D eigenvalue weighted by atomic mass is 9.85. The molecule has 0 unspecified atom stereocenters. The summed E-state index contributed by atoms with van der Waals surface area (Å²) in [4.78, 5) is 25.8. The first kappa shape index (κ1) is 24.1. The second-order valence-electron chi connectivity index (χ2n) is 9.26. The van der Waals surface area contributed by atoms with Gasteiger partial charge in [-0.1, -0.05) is 36.4 Å². The number of hydrogen-bond acceptors (Lipinski definition) is 5. The normalized spacial score (nSPS) is 15.0. The Kier molecular flexibility index (Phi) is 7.20. The summed E-state index contributed by atoms with van der Waals surface area (Å²) in [6.07, 6.45) is 2.45. The maximum absolute atomic E-state index is 13.2. The fraction of sp³-hybridized carbons (Fsp3) is 0.241. The minimum Gasteiger partial charge on any atom is -0.497 e. The van der Waals surface area contributed by atoms with Gasteiger partial charge in [-0.2, -0.15) is 0 Å². The average Bonchev–Trinajstić information content (AvgIpc) is 2.86. The number of allylic oxidation sites excluding steroid dienone is 1. The fourth-order valence-electron chi connectivity index (χ4n) is 4.22. The van der Waals surface area contributed by atoms with Crippen LogP contribution in [0, 0.1) is 0 Å². The molecule has 0 spiro atoms. The monoisotopic (exact) mass is 469 g/mol. The summed E-state index contributed by atoms with van der Waals surface area (Å²) in [6, 6.07) is 22.6. The number of anilines is 1. The van der Waals surface area contributed by atoms with Crippen LogP contribution in [-0.4, -0.2) is 37.4 Å². The minimum atomic E-state index is -0.214. The van der Waals surface area contributed by atoms with Crippen LogP contribution in [0.3, 0.4) is 0 Å². The zero-order valence-corrected chi connectivity index (χ0v) is 20.4. The van der Waals surface area contributed by atoms with Gasteiger partial charge in [0, 0.05) is 52.8 Å². The highest BCUT2D eigenvalue weighted by atomic mass is 16.5. The number of hydrogen-bond donors (Lipinski definition) is 3. The Balaban J connectivity index is 1.46. The number of ketones is 1. The summed E-state index contributed by atoms with van der Waals surface area (Å²) < 4.78 is 5.39. The number of carbonyl (C=O) groups excluding carboxylic acids is 2. The summed E-state index contributed by atoms with van der Waals surface area (Å²) in [7, 11) is 1.63. The van der Waals surface area contributed by atoms with Crippen LogP contribution in [0.5, 0.6) is 5.75 Å². The largest absolute Gasteiger partial charge is 0.497 e. The van der Waals surface area contributed by atoms with Gasteiger partial charge in [0.15, 0.2) is 5.78 Å². The molecule has 3 aromatic rings. The van der Waals surface area contributed by atoms with Crippen LogP contribution in [0.25, 0.3) is 5.70 Å². The SMILES string of the molecule is COc1ccc2c(c1)C(=CC(=O)c1cccc(C(=O)NCCNc3ccccc3)c1)NC(C)(C)C2. The van der Waals surface area contributed by atoms with E-state index in [1.807, 2.05) is 48.5 Å². The van der Waals surface area contributed by atoms with Gasteiger partial charge in [0.25, 0.3) is 5.91 Å². The molecule has 3 aromatic carbocycles. The van der Waals surface area contributed by atoms with Crippen LogP contribution in [0.1, 0.15) is 45.7 Å². The number of rotatable bonds is 8. The first-order chi connectivity index (χ1) is 16.8. The van der Waals surface area contributed by atoms with Crippen LogP contribution >= 0.6 is 0 Å². The van der Waals surface area contributed by atoms with E-state index >= 15 is 0 Å². The quantitative estimate of drug-likeness (QED) is 0.254. The molecule has 1 amide bonds. The van der Waals surface area contributed by atoms with E-state index < -0.39 is 0 Å². The number of nitrogens with one attached hydrogen (secondary N) is 3. The Morgan fingerprint density at radius 3 is 2.51 bits per heavy atom. The third-order valence-corrected chi connectivity index (χ3v) is 5.91. The van der Waals surface area contributed by atoms with Crippen molar-refractivity contribution in [1.82, 2.24) is 10.6 Å². The molecule has 0 aromatic heterocycles. The number of fused-ring (bicyclic) bond motifs is 1. The summed E-state index contributed by atoms with van der Waals surface area (Å²) in [5.41, 5.74) is 4.59.